The van der Waals surface area contributed by atoms with Gasteiger partial charge in [0.05, 0.1) is 5.69 Å². The maximum absolute atomic E-state index is 12.5. The summed E-state index contributed by atoms with van der Waals surface area (Å²) in [6, 6.07) is 9.10. The number of benzene rings is 1. The highest BCUT2D eigenvalue weighted by Gasteiger charge is 2.17. The van der Waals surface area contributed by atoms with E-state index in [-0.39, 0.29) is 19.3 Å². The van der Waals surface area contributed by atoms with E-state index in [0.29, 0.717) is 29.5 Å². The predicted molar refractivity (Wildman–Crippen MR) is 95.6 cm³/mol. The minimum atomic E-state index is -0.137. The van der Waals surface area contributed by atoms with E-state index in [2.05, 4.69) is 10.2 Å². The summed E-state index contributed by atoms with van der Waals surface area (Å²) in [7, 11) is 1.76. The minimum absolute atomic E-state index is 0.137. The van der Waals surface area contributed by atoms with Gasteiger partial charge in [0, 0.05) is 19.7 Å². The van der Waals surface area contributed by atoms with Gasteiger partial charge in [-0.1, -0.05) is 0 Å². The number of hydrogen-bond donors (Lipinski definition) is 1. The number of carbonyl (C=O) groups excluding carboxylic acids is 1. The van der Waals surface area contributed by atoms with E-state index in [1.165, 1.54) is 0 Å². The molecule has 0 spiro atoms. The van der Waals surface area contributed by atoms with Crippen LogP contribution >= 0.6 is 11.3 Å². The molecule has 0 bridgehead atoms. The molecule has 0 saturated carbocycles. The number of hydrogen-bond acceptors (Lipinski definition) is 6. The fourth-order valence-corrected chi connectivity index (χ4v) is 3.26. The number of amides is 1. The Morgan fingerprint density at radius 3 is 3.04 bits per heavy atom. The van der Waals surface area contributed by atoms with Crippen LogP contribution in [0.4, 0.5) is 0 Å². The van der Waals surface area contributed by atoms with Gasteiger partial charge in [-0.2, -0.15) is 16.4 Å². The molecule has 0 atom stereocenters. The highest BCUT2D eigenvalue weighted by molar-refractivity contribution is 7.07. The molecular formula is C18H17N3O4S. The average Bonchev–Trinajstić information content (AvgIpc) is 3.40. The van der Waals surface area contributed by atoms with Crippen molar-refractivity contribution < 1.29 is 19.0 Å². The average molecular weight is 371 g/mol. The van der Waals surface area contributed by atoms with E-state index in [0.717, 1.165) is 11.3 Å². The standard InChI is InChI=1S/C18H17N3O4S/c1-21(8-12-4-5-26-10-12)18(22)15-6-13(19-20-15)9-23-14-2-3-16-17(7-14)25-11-24-16/h2-7,10H,8-9,11H2,1H3,(H,19,20). The number of fused-ring (bicyclic) bond motifs is 1. The highest BCUT2D eigenvalue weighted by atomic mass is 32.1. The molecular weight excluding hydrogens is 354 g/mol. The van der Waals surface area contributed by atoms with Gasteiger partial charge in [-0.15, -0.1) is 0 Å². The first-order valence-electron chi connectivity index (χ1n) is 8.02. The number of nitrogens with zero attached hydrogens (tertiary/aromatic N) is 2. The lowest BCUT2D eigenvalue weighted by Gasteiger charge is -2.14. The molecule has 1 aliphatic heterocycles. The third kappa shape index (κ3) is 3.50. The lowest BCUT2D eigenvalue weighted by molar-refractivity contribution is 0.0779. The van der Waals surface area contributed by atoms with E-state index in [1.807, 2.05) is 22.9 Å². The van der Waals surface area contributed by atoms with Crippen molar-refractivity contribution in [1.29, 1.82) is 0 Å². The Bertz CT molecular complexity index is 907. The van der Waals surface area contributed by atoms with E-state index in [4.69, 9.17) is 14.2 Å². The number of ether oxygens (including phenoxy) is 3. The van der Waals surface area contributed by atoms with E-state index < -0.39 is 0 Å². The van der Waals surface area contributed by atoms with Crippen LogP contribution < -0.4 is 14.2 Å². The smallest absolute Gasteiger partial charge is 0.274 e. The maximum Gasteiger partial charge on any atom is 0.274 e. The molecule has 0 aliphatic carbocycles. The topological polar surface area (TPSA) is 76.7 Å². The summed E-state index contributed by atoms with van der Waals surface area (Å²) in [5.41, 5.74) is 2.19. The zero-order valence-corrected chi connectivity index (χ0v) is 14.9. The molecule has 0 radical (unpaired) electrons. The van der Waals surface area contributed by atoms with Crippen LogP contribution in [0.1, 0.15) is 21.7 Å². The van der Waals surface area contributed by atoms with E-state index in [9.17, 15) is 4.79 Å². The summed E-state index contributed by atoms with van der Waals surface area (Å²) in [4.78, 5) is 14.1. The number of aromatic nitrogens is 2. The fourth-order valence-electron chi connectivity index (χ4n) is 2.60. The van der Waals surface area contributed by atoms with Gasteiger partial charge >= 0.3 is 0 Å². The molecule has 4 rings (SSSR count). The summed E-state index contributed by atoms with van der Waals surface area (Å²) in [6.07, 6.45) is 0. The predicted octanol–water partition coefficient (Wildman–Crippen LogP) is 3.05. The molecule has 0 saturated heterocycles. The first-order valence-corrected chi connectivity index (χ1v) is 8.96. The zero-order chi connectivity index (χ0) is 17.9. The Balaban J connectivity index is 1.36. The van der Waals surface area contributed by atoms with Gasteiger partial charge in [-0.05, 0) is 40.6 Å². The molecule has 8 heteroatoms. The third-order valence-electron chi connectivity index (χ3n) is 3.93. The van der Waals surface area contributed by atoms with Gasteiger partial charge in [0.25, 0.3) is 5.91 Å². The molecule has 2 aromatic heterocycles. The van der Waals surface area contributed by atoms with Gasteiger partial charge in [0.2, 0.25) is 6.79 Å². The van der Waals surface area contributed by atoms with Crippen molar-refractivity contribution in [2.24, 2.45) is 0 Å². The molecule has 3 heterocycles. The van der Waals surface area contributed by atoms with Crippen molar-refractivity contribution in [3.8, 4) is 17.2 Å². The molecule has 26 heavy (non-hydrogen) atoms. The lowest BCUT2D eigenvalue weighted by atomic mass is 10.3. The Labute approximate surface area is 154 Å². The molecule has 134 valence electrons. The summed E-state index contributed by atoms with van der Waals surface area (Å²) in [5.74, 6) is 1.89. The first-order chi connectivity index (χ1) is 12.7. The van der Waals surface area contributed by atoms with E-state index in [1.54, 1.807) is 41.5 Å². The summed E-state index contributed by atoms with van der Waals surface area (Å²) < 4.78 is 16.3. The van der Waals surface area contributed by atoms with Crippen molar-refractivity contribution in [1.82, 2.24) is 15.1 Å². The number of H-pyrrole nitrogens is 1. The molecule has 0 fully saturated rings. The molecule has 1 amide bonds. The normalized spacial score (nSPS) is 12.2. The van der Waals surface area contributed by atoms with Gasteiger partial charge in [0.15, 0.2) is 17.2 Å². The molecule has 1 N–H and O–H groups in total. The second-order valence-corrected chi connectivity index (χ2v) is 6.66. The van der Waals surface area contributed by atoms with Crippen LogP contribution in [0, 0.1) is 0 Å². The van der Waals surface area contributed by atoms with Crippen LogP contribution in [-0.2, 0) is 13.2 Å². The van der Waals surface area contributed by atoms with E-state index >= 15 is 0 Å². The summed E-state index contributed by atoms with van der Waals surface area (Å²) in [6.45, 7) is 1.05. The summed E-state index contributed by atoms with van der Waals surface area (Å²) in [5, 5.41) is 11.0. The quantitative estimate of drug-likeness (QED) is 0.721. The third-order valence-corrected chi connectivity index (χ3v) is 4.67. The van der Waals surface area contributed by atoms with Crippen molar-refractivity contribution in [2.45, 2.75) is 13.2 Å². The van der Waals surface area contributed by atoms with Gasteiger partial charge in [0.1, 0.15) is 12.4 Å². The summed E-state index contributed by atoms with van der Waals surface area (Å²) >= 11 is 1.61. The first kappa shape index (κ1) is 16.5. The molecule has 0 unspecified atom stereocenters. The van der Waals surface area contributed by atoms with Crippen molar-refractivity contribution in [3.63, 3.8) is 0 Å². The SMILES string of the molecule is CN(Cc1ccsc1)C(=O)c1cc(COc2ccc3c(c2)OCO3)[nH]n1. The van der Waals surface area contributed by atoms with Crippen LogP contribution in [0.25, 0.3) is 0 Å². The molecule has 1 aromatic carbocycles. The molecule has 7 nitrogen and oxygen atoms in total. The zero-order valence-electron chi connectivity index (χ0n) is 14.1. The Morgan fingerprint density at radius 1 is 1.31 bits per heavy atom. The Hall–Kier alpha value is -3.00. The minimum Gasteiger partial charge on any atom is -0.487 e. The van der Waals surface area contributed by atoms with Gasteiger partial charge < -0.3 is 19.1 Å². The van der Waals surface area contributed by atoms with Crippen LogP contribution in [-0.4, -0.2) is 34.8 Å². The van der Waals surface area contributed by atoms with Gasteiger partial charge in [-0.25, -0.2) is 0 Å². The van der Waals surface area contributed by atoms with Crippen molar-refractivity contribution in [3.05, 3.63) is 58.0 Å². The maximum atomic E-state index is 12.5. The van der Waals surface area contributed by atoms with Gasteiger partial charge in [-0.3, -0.25) is 9.89 Å². The monoisotopic (exact) mass is 371 g/mol. The molecule has 1 aliphatic rings. The van der Waals surface area contributed by atoms with Crippen LogP contribution in [0.5, 0.6) is 17.2 Å². The number of aromatic amines is 1. The number of carbonyl (C=O) groups is 1. The van der Waals surface area contributed by atoms with Crippen LogP contribution in [0.3, 0.4) is 0 Å². The van der Waals surface area contributed by atoms with Crippen LogP contribution in [0.15, 0.2) is 41.1 Å². The molecule has 3 aromatic rings. The largest absolute Gasteiger partial charge is 0.487 e. The van der Waals surface area contributed by atoms with Crippen LogP contribution in [0.2, 0.25) is 0 Å². The second-order valence-electron chi connectivity index (χ2n) is 5.87. The lowest BCUT2D eigenvalue weighted by Crippen LogP contribution is -2.26. The second kappa shape index (κ2) is 7.09. The van der Waals surface area contributed by atoms with Crippen molar-refractivity contribution >= 4 is 17.2 Å². The van der Waals surface area contributed by atoms with Crippen molar-refractivity contribution in [2.75, 3.05) is 13.8 Å². The number of rotatable bonds is 6. The highest BCUT2D eigenvalue weighted by Crippen LogP contribution is 2.35. The fraction of sp³-hybridized carbons (Fsp3) is 0.222. The Kier molecular flexibility index (Phi) is 4.49. The number of thiophene rings is 1. The number of nitrogens with one attached hydrogen (secondary N) is 1. The Morgan fingerprint density at radius 2 is 2.19 bits per heavy atom.